The Labute approximate surface area is 216 Å². The van der Waals surface area contributed by atoms with E-state index in [1.165, 1.54) is 5.57 Å². The zero-order chi connectivity index (χ0) is 25.9. The molecule has 0 aromatic heterocycles. The van der Waals surface area contributed by atoms with Crippen molar-refractivity contribution in [3.8, 4) is 5.75 Å². The summed E-state index contributed by atoms with van der Waals surface area (Å²) in [5.74, 6) is 0.689. The molecule has 200 valence electrons. The number of ether oxygens (including phenoxy) is 5. The van der Waals surface area contributed by atoms with Crippen molar-refractivity contribution in [3.05, 3.63) is 41.5 Å². The Bertz CT molecular complexity index is 920. The van der Waals surface area contributed by atoms with Gasteiger partial charge in [-0.2, -0.15) is 0 Å². The fraction of sp³-hybridized carbons (Fsp3) is 0.690. The lowest BCUT2D eigenvalue weighted by Gasteiger charge is -2.42. The van der Waals surface area contributed by atoms with E-state index in [0.29, 0.717) is 19.4 Å². The minimum absolute atomic E-state index is 0.0390. The zero-order valence-corrected chi connectivity index (χ0v) is 22.7. The maximum Gasteiger partial charge on any atom is 0.306 e. The average Bonchev–Trinajstić information content (AvgIpc) is 3.75. The van der Waals surface area contributed by atoms with Crippen molar-refractivity contribution in [1.29, 1.82) is 0 Å². The quantitative estimate of drug-likeness (QED) is 0.242. The Morgan fingerprint density at radius 2 is 1.94 bits per heavy atom. The van der Waals surface area contributed by atoms with Gasteiger partial charge in [0.1, 0.15) is 35.8 Å². The number of aryl methyl sites for hydroxylation is 1. The third-order valence-corrected chi connectivity index (χ3v) is 7.87. The molecule has 1 aromatic rings. The highest BCUT2D eigenvalue weighted by molar-refractivity contribution is 5.70. The van der Waals surface area contributed by atoms with Gasteiger partial charge in [0.25, 0.3) is 0 Å². The van der Waals surface area contributed by atoms with Crippen molar-refractivity contribution in [2.24, 2.45) is 5.92 Å². The Morgan fingerprint density at radius 3 is 2.56 bits per heavy atom. The molecule has 4 rings (SSSR count). The summed E-state index contributed by atoms with van der Waals surface area (Å²) in [6, 6.07) is 7.94. The van der Waals surface area contributed by atoms with Gasteiger partial charge < -0.3 is 28.6 Å². The Balaban J connectivity index is 1.31. The number of carbonyl (C=O) groups excluding carboxylic acids is 1. The summed E-state index contributed by atoms with van der Waals surface area (Å²) >= 11 is 0. The van der Waals surface area contributed by atoms with Crippen LogP contribution >= 0.6 is 0 Å². The molecule has 2 aliphatic heterocycles. The number of rotatable bonds is 12. The van der Waals surface area contributed by atoms with Crippen LogP contribution in [0.4, 0.5) is 0 Å². The fourth-order valence-electron chi connectivity index (χ4n) is 5.64. The molecule has 0 N–H and O–H groups in total. The van der Waals surface area contributed by atoms with Crippen LogP contribution in [0, 0.1) is 5.92 Å². The molecule has 36 heavy (non-hydrogen) atoms. The number of hydrogen-bond acceptors (Lipinski definition) is 7. The fourth-order valence-corrected chi connectivity index (χ4v) is 5.64. The van der Waals surface area contributed by atoms with E-state index < -0.39 is 0 Å². The van der Waals surface area contributed by atoms with Crippen LogP contribution in [0.2, 0.25) is 0 Å². The van der Waals surface area contributed by atoms with Gasteiger partial charge in [0.15, 0.2) is 0 Å². The van der Waals surface area contributed by atoms with Crippen LogP contribution in [0.25, 0.3) is 0 Å². The lowest BCUT2D eigenvalue weighted by Crippen LogP contribution is -2.55. The first kappa shape index (κ1) is 27.1. The van der Waals surface area contributed by atoms with Crippen LogP contribution in [0.15, 0.2) is 35.9 Å². The second kappa shape index (κ2) is 11.2. The van der Waals surface area contributed by atoms with Gasteiger partial charge in [-0.3, -0.25) is 4.79 Å². The van der Waals surface area contributed by atoms with Crippen molar-refractivity contribution in [2.45, 2.75) is 82.4 Å². The molecule has 0 amide bonds. The Hall–Kier alpha value is -1.93. The van der Waals surface area contributed by atoms with Gasteiger partial charge >= 0.3 is 5.97 Å². The molecule has 0 bridgehead atoms. The molecule has 0 radical (unpaired) electrons. The molecule has 6 atom stereocenters. The molecule has 7 nitrogen and oxygen atoms in total. The molecule has 1 saturated carbocycles. The van der Waals surface area contributed by atoms with Crippen LogP contribution in [0.1, 0.15) is 52.0 Å². The molecule has 2 heterocycles. The van der Waals surface area contributed by atoms with E-state index >= 15 is 0 Å². The largest absolute Gasteiger partial charge is 0.492 e. The van der Waals surface area contributed by atoms with Gasteiger partial charge in [0.05, 0.1) is 18.6 Å². The molecule has 3 fully saturated rings. The number of hydrogen-bond donors (Lipinski definition) is 0. The van der Waals surface area contributed by atoms with Crippen molar-refractivity contribution < 1.29 is 28.5 Å². The monoisotopic (exact) mass is 501 g/mol. The molecular weight excluding hydrogens is 458 g/mol. The number of allylic oxidation sites excluding steroid dienone is 1. The summed E-state index contributed by atoms with van der Waals surface area (Å²) in [4.78, 5) is 14.9. The second-order valence-electron chi connectivity index (χ2n) is 11.2. The van der Waals surface area contributed by atoms with E-state index in [4.69, 9.17) is 23.7 Å². The number of benzene rings is 1. The molecule has 1 aliphatic carbocycles. The van der Waals surface area contributed by atoms with E-state index in [1.54, 1.807) is 7.11 Å². The number of carbonyl (C=O) groups is 1. The van der Waals surface area contributed by atoms with Crippen LogP contribution in [-0.4, -0.2) is 81.3 Å². The zero-order valence-electron chi connectivity index (χ0n) is 22.7. The molecule has 3 aliphatic rings. The predicted molar refractivity (Wildman–Crippen MR) is 138 cm³/mol. The lowest BCUT2D eigenvalue weighted by atomic mass is 9.68. The molecule has 2 saturated heterocycles. The predicted octanol–water partition coefficient (Wildman–Crippen LogP) is 4.18. The number of methoxy groups -OCH3 is 1. The molecule has 1 spiro atoms. The highest BCUT2D eigenvalue weighted by atomic mass is 16.6. The number of epoxide rings is 2. The van der Waals surface area contributed by atoms with Crippen LogP contribution in [0.5, 0.6) is 5.75 Å². The van der Waals surface area contributed by atoms with Gasteiger partial charge in [0.2, 0.25) is 0 Å². The van der Waals surface area contributed by atoms with Gasteiger partial charge in [-0.1, -0.05) is 23.8 Å². The normalized spacial score (nSPS) is 32.9. The highest BCUT2D eigenvalue weighted by Crippen LogP contribution is 2.59. The minimum Gasteiger partial charge on any atom is -0.492 e. The molecular formula is C29H43NO6. The van der Waals surface area contributed by atoms with Crippen molar-refractivity contribution in [1.82, 2.24) is 4.90 Å². The second-order valence-corrected chi connectivity index (χ2v) is 11.2. The standard InChI is InChI=1S/C29H43NO6/c1-20(2)7-13-24-28(3,36-24)27-26(32-6)23(15-16-29(27)19-34-29)35-25(31)14-10-21-8-11-22(12-9-21)33-18-17-30(4)5/h7-9,11-12,23-24,26-27H,10,13-19H2,1-6H3/t23-,24-,26-,27-,28+,29?/m1/s1. The van der Waals surface area contributed by atoms with E-state index in [9.17, 15) is 4.79 Å². The van der Waals surface area contributed by atoms with E-state index in [1.807, 2.05) is 38.4 Å². The van der Waals surface area contributed by atoms with Crippen molar-refractivity contribution >= 4 is 5.97 Å². The van der Waals surface area contributed by atoms with Crippen LogP contribution in [0.3, 0.4) is 0 Å². The van der Waals surface area contributed by atoms with E-state index in [2.05, 4.69) is 31.7 Å². The minimum atomic E-state index is -0.329. The first-order chi connectivity index (χ1) is 17.2. The third-order valence-electron chi connectivity index (χ3n) is 7.87. The Morgan fingerprint density at radius 1 is 1.22 bits per heavy atom. The summed E-state index contributed by atoms with van der Waals surface area (Å²) in [5, 5.41) is 0. The summed E-state index contributed by atoms with van der Waals surface area (Å²) in [7, 11) is 5.75. The highest BCUT2D eigenvalue weighted by Gasteiger charge is 2.72. The number of esters is 1. The van der Waals surface area contributed by atoms with Crippen molar-refractivity contribution in [2.75, 3.05) is 41.0 Å². The molecule has 7 heteroatoms. The summed E-state index contributed by atoms with van der Waals surface area (Å²) < 4.78 is 30.0. The number of likely N-dealkylation sites (N-methyl/N-ethyl adjacent to an activating group) is 1. The summed E-state index contributed by atoms with van der Waals surface area (Å²) in [6.45, 7) is 8.61. The van der Waals surface area contributed by atoms with Gasteiger partial charge in [-0.25, -0.2) is 0 Å². The van der Waals surface area contributed by atoms with Gasteiger partial charge in [-0.05, 0) is 78.2 Å². The Kier molecular flexibility index (Phi) is 8.45. The summed E-state index contributed by atoms with van der Waals surface area (Å²) in [6.07, 6.45) is 5.27. The topological polar surface area (TPSA) is 73.1 Å². The maximum atomic E-state index is 12.8. The third kappa shape index (κ3) is 6.31. The van der Waals surface area contributed by atoms with Gasteiger partial charge in [0, 0.05) is 20.1 Å². The first-order valence-electron chi connectivity index (χ1n) is 13.2. The SMILES string of the molecule is CO[C@@H]1[C@H](OC(=O)CCc2ccc(OCCN(C)C)cc2)CCC2(CO2)[C@H]1[C@@]1(C)O[C@@H]1CC=C(C)C. The smallest absolute Gasteiger partial charge is 0.306 e. The molecule has 1 unspecified atom stereocenters. The summed E-state index contributed by atoms with van der Waals surface area (Å²) in [5.41, 5.74) is 1.83. The number of nitrogens with zero attached hydrogens (tertiary/aromatic N) is 1. The maximum absolute atomic E-state index is 12.8. The van der Waals surface area contributed by atoms with Gasteiger partial charge in [-0.15, -0.1) is 0 Å². The average molecular weight is 502 g/mol. The molecule has 1 aromatic carbocycles. The van der Waals surface area contributed by atoms with E-state index in [-0.39, 0.29) is 41.4 Å². The van der Waals surface area contributed by atoms with Crippen LogP contribution in [-0.2, 0) is 30.2 Å². The first-order valence-corrected chi connectivity index (χ1v) is 13.2. The van der Waals surface area contributed by atoms with Crippen molar-refractivity contribution in [3.63, 3.8) is 0 Å². The van der Waals surface area contributed by atoms with E-state index in [0.717, 1.165) is 43.7 Å². The van der Waals surface area contributed by atoms with Crippen LogP contribution < -0.4 is 4.74 Å². The lowest BCUT2D eigenvalue weighted by molar-refractivity contribution is -0.171.